The molecule has 9 heteroatoms. The molecule has 154 valence electrons. The lowest BCUT2D eigenvalue weighted by atomic mass is 10.2. The molecule has 3 rings (SSSR count). The lowest BCUT2D eigenvalue weighted by Crippen LogP contribution is -2.22. The molecule has 0 unspecified atom stereocenters. The van der Waals surface area contributed by atoms with E-state index in [1.807, 2.05) is 25.1 Å². The third kappa shape index (κ3) is 4.87. The van der Waals surface area contributed by atoms with E-state index in [1.54, 1.807) is 16.7 Å². The highest BCUT2D eigenvalue weighted by Gasteiger charge is 2.12. The molecule has 2 aromatic carbocycles. The molecular weight excluding hydrogens is 406 g/mol. The first-order valence-electron chi connectivity index (χ1n) is 9.11. The number of amides is 1. The maximum absolute atomic E-state index is 12.4. The van der Waals surface area contributed by atoms with Crippen molar-refractivity contribution in [3.8, 4) is 0 Å². The number of non-ortho nitro benzene ring substituents is 1. The molecule has 0 aliphatic carbocycles. The zero-order valence-electron chi connectivity index (χ0n) is 16.4. The summed E-state index contributed by atoms with van der Waals surface area (Å²) in [6.45, 7) is 1.98. The first-order chi connectivity index (χ1) is 14.4. The number of hydrogen-bond donors (Lipinski definition) is 0. The van der Waals surface area contributed by atoms with Crippen LogP contribution in [0.3, 0.4) is 0 Å². The number of methoxy groups -OCH3 is 1. The van der Waals surface area contributed by atoms with Gasteiger partial charge >= 0.3 is 5.97 Å². The lowest BCUT2D eigenvalue weighted by molar-refractivity contribution is -0.384. The van der Waals surface area contributed by atoms with Crippen LogP contribution in [0, 0.1) is 10.1 Å². The highest BCUT2D eigenvalue weighted by atomic mass is 32.1. The van der Waals surface area contributed by atoms with Gasteiger partial charge in [-0.05, 0) is 35.8 Å². The number of carbonyl (C=O) groups is 2. The topological polar surface area (TPSA) is 104 Å². The van der Waals surface area contributed by atoms with Crippen molar-refractivity contribution in [1.29, 1.82) is 0 Å². The van der Waals surface area contributed by atoms with Crippen LogP contribution >= 0.6 is 11.3 Å². The summed E-state index contributed by atoms with van der Waals surface area (Å²) in [4.78, 5) is 39.1. The highest BCUT2D eigenvalue weighted by Crippen LogP contribution is 2.20. The molecule has 0 N–H and O–H groups in total. The molecule has 0 aliphatic heterocycles. The Morgan fingerprint density at radius 1 is 1.27 bits per heavy atom. The summed E-state index contributed by atoms with van der Waals surface area (Å²) < 4.78 is 7.32. The van der Waals surface area contributed by atoms with E-state index in [0.29, 0.717) is 10.4 Å². The number of rotatable bonds is 6. The number of aromatic nitrogens is 1. The molecule has 3 aromatic rings. The van der Waals surface area contributed by atoms with Crippen LogP contribution in [-0.4, -0.2) is 28.5 Å². The summed E-state index contributed by atoms with van der Waals surface area (Å²) >= 11 is 1.31. The van der Waals surface area contributed by atoms with Crippen LogP contribution in [-0.2, 0) is 27.3 Å². The average molecular weight is 425 g/mol. The van der Waals surface area contributed by atoms with E-state index in [0.717, 1.165) is 22.2 Å². The molecule has 0 aliphatic rings. The normalized spacial score (nSPS) is 11.9. The fourth-order valence-corrected chi connectivity index (χ4v) is 3.91. The Kier molecular flexibility index (Phi) is 6.53. The van der Waals surface area contributed by atoms with Crippen LogP contribution in [0.1, 0.15) is 18.1 Å². The monoisotopic (exact) mass is 425 g/mol. The van der Waals surface area contributed by atoms with Crippen LogP contribution in [0.2, 0.25) is 0 Å². The van der Waals surface area contributed by atoms with Crippen molar-refractivity contribution < 1.29 is 19.2 Å². The van der Waals surface area contributed by atoms with Gasteiger partial charge in [0, 0.05) is 18.2 Å². The van der Waals surface area contributed by atoms with Gasteiger partial charge in [-0.2, -0.15) is 4.99 Å². The van der Waals surface area contributed by atoms with E-state index in [4.69, 9.17) is 4.74 Å². The summed E-state index contributed by atoms with van der Waals surface area (Å²) in [5.41, 5.74) is 2.38. The van der Waals surface area contributed by atoms with Gasteiger partial charge < -0.3 is 9.30 Å². The van der Waals surface area contributed by atoms with Crippen molar-refractivity contribution in [2.75, 3.05) is 7.11 Å². The summed E-state index contributed by atoms with van der Waals surface area (Å²) in [7, 11) is 1.30. The second kappa shape index (κ2) is 9.27. The Morgan fingerprint density at radius 3 is 2.77 bits per heavy atom. The van der Waals surface area contributed by atoms with Gasteiger partial charge in [0.15, 0.2) is 4.80 Å². The van der Waals surface area contributed by atoms with Crippen LogP contribution in [0.5, 0.6) is 0 Å². The Balaban J connectivity index is 1.98. The van der Waals surface area contributed by atoms with E-state index >= 15 is 0 Å². The Hall–Kier alpha value is -3.59. The molecule has 0 bridgehead atoms. The maximum atomic E-state index is 12.4. The molecule has 0 saturated carbocycles. The quantitative estimate of drug-likeness (QED) is 0.260. The zero-order chi connectivity index (χ0) is 21.7. The highest BCUT2D eigenvalue weighted by molar-refractivity contribution is 7.16. The number of aryl methyl sites for hydroxylation is 1. The van der Waals surface area contributed by atoms with Gasteiger partial charge in [0.05, 0.1) is 22.2 Å². The molecule has 30 heavy (non-hydrogen) atoms. The first-order valence-corrected chi connectivity index (χ1v) is 9.93. The number of nitrogens with zero attached hydrogens (tertiary/aromatic N) is 3. The molecule has 1 amide bonds. The van der Waals surface area contributed by atoms with Gasteiger partial charge in [0.1, 0.15) is 6.54 Å². The summed E-state index contributed by atoms with van der Waals surface area (Å²) in [5.74, 6) is -0.988. The third-order valence-corrected chi connectivity index (χ3v) is 5.42. The van der Waals surface area contributed by atoms with Crippen molar-refractivity contribution in [2.24, 2.45) is 4.99 Å². The fourth-order valence-electron chi connectivity index (χ4n) is 2.81. The van der Waals surface area contributed by atoms with Crippen LogP contribution in [0.25, 0.3) is 16.3 Å². The second-order valence-corrected chi connectivity index (χ2v) is 7.35. The number of benzene rings is 2. The van der Waals surface area contributed by atoms with E-state index in [9.17, 15) is 19.7 Å². The largest absolute Gasteiger partial charge is 0.468 e. The molecule has 8 nitrogen and oxygen atoms in total. The van der Waals surface area contributed by atoms with Crippen LogP contribution < -0.4 is 4.80 Å². The molecule has 0 saturated heterocycles. The van der Waals surface area contributed by atoms with Gasteiger partial charge in [0.2, 0.25) is 0 Å². The van der Waals surface area contributed by atoms with Gasteiger partial charge in [-0.1, -0.05) is 36.5 Å². The number of fused-ring (bicyclic) bond motifs is 1. The number of ether oxygens (including phenoxy) is 1. The molecule has 1 aromatic heterocycles. The Bertz CT molecular complexity index is 1220. The maximum Gasteiger partial charge on any atom is 0.325 e. The van der Waals surface area contributed by atoms with E-state index < -0.39 is 16.8 Å². The van der Waals surface area contributed by atoms with Crippen molar-refractivity contribution in [2.45, 2.75) is 19.9 Å². The number of thiazole rings is 1. The second-order valence-electron chi connectivity index (χ2n) is 6.34. The van der Waals surface area contributed by atoms with E-state index in [2.05, 4.69) is 4.99 Å². The molecule has 0 atom stereocenters. The summed E-state index contributed by atoms with van der Waals surface area (Å²) in [5, 5.41) is 10.9. The Morgan fingerprint density at radius 2 is 2.07 bits per heavy atom. The number of hydrogen-bond acceptors (Lipinski definition) is 6. The van der Waals surface area contributed by atoms with Gasteiger partial charge in [-0.15, -0.1) is 0 Å². The summed E-state index contributed by atoms with van der Waals surface area (Å²) in [6.07, 6.45) is 3.57. The number of nitro benzene ring substituents is 1. The van der Waals surface area contributed by atoms with Crippen molar-refractivity contribution in [3.05, 3.63) is 74.6 Å². The average Bonchev–Trinajstić information content (AvgIpc) is 3.08. The first kappa shape index (κ1) is 21.1. The zero-order valence-corrected chi connectivity index (χ0v) is 17.2. The minimum atomic E-state index is -0.539. The SMILES string of the molecule is CCc1ccc2c(c1)sc(=NC(=O)/C=C/c1cccc([N+](=O)[O-])c1)n2CC(=O)OC. The molecule has 0 spiro atoms. The lowest BCUT2D eigenvalue weighted by Gasteiger charge is -2.04. The van der Waals surface area contributed by atoms with E-state index in [-0.39, 0.29) is 12.2 Å². The predicted octanol–water partition coefficient (Wildman–Crippen LogP) is 3.49. The minimum Gasteiger partial charge on any atom is -0.468 e. The number of nitro groups is 1. The van der Waals surface area contributed by atoms with Gasteiger partial charge in [-0.3, -0.25) is 19.7 Å². The van der Waals surface area contributed by atoms with Crippen molar-refractivity contribution in [1.82, 2.24) is 4.57 Å². The third-order valence-electron chi connectivity index (χ3n) is 4.38. The van der Waals surface area contributed by atoms with Crippen LogP contribution in [0.4, 0.5) is 5.69 Å². The minimum absolute atomic E-state index is 0.0614. The number of esters is 1. The smallest absolute Gasteiger partial charge is 0.325 e. The van der Waals surface area contributed by atoms with Crippen LogP contribution in [0.15, 0.2) is 53.5 Å². The number of carbonyl (C=O) groups excluding carboxylic acids is 2. The molecule has 0 radical (unpaired) electrons. The van der Waals surface area contributed by atoms with Crippen molar-refractivity contribution >= 4 is 45.2 Å². The Labute approximate surface area is 175 Å². The van der Waals surface area contributed by atoms with Gasteiger partial charge in [0.25, 0.3) is 11.6 Å². The fraction of sp³-hybridized carbons (Fsp3) is 0.190. The summed E-state index contributed by atoms with van der Waals surface area (Å²) in [6, 6.07) is 11.8. The predicted molar refractivity (Wildman–Crippen MR) is 114 cm³/mol. The molecular formula is C21H19N3O5S. The van der Waals surface area contributed by atoms with Gasteiger partial charge in [-0.25, -0.2) is 0 Å². The molecule has 1 heterocycles. The standard InChI is InChI=1S/C21H19N3O5S/c1-3-14-7-9-17-18(12-14)30-21(23(17)13-20(26)29-2)22-19(25)10-8-15-5-4-6-16(11-15)24(27)28/h4-12H,3,13H2,1-2H3/b10-8+,22-21?. The molecule has 0 fully saturated rings. The van der Waals surface area contributed by atoms with E-state index in [1.165, 1.54) is 42.7 Å². The van der Waals surface area contributed by atoms with Crippen molar-refractivity contribution in [3.63, 3.8) is 0 Å².